The summed E-state index contributed by atoms with van der Waals surface area (Å²) in [6.45, 7) is 1.09. The Kier molecular flexibility index (Phi) is 5.71. The number of rotatable bonds is 4. The van der Waals surface area contributed by atoms with Gasteiger partial charge in [-0.1, -0.05) is 30.3 Å². The van der Waals surface area contributed by atoms with Gasteiger partial charge in [0.05, 0.1) is 22.3 Å². The fourth-order valence-corrected chi connectivity index (χ4v) is 4.60. The van der Waals surface area contributed by atoms with Gasteiger partial charge >= 0.3 is 5.97 Å². The topological polar surface area (TPSA) is 79.7 Å². The number of ether oxygens (including phenoxy) is 1. The summed E-state index contributed by atoms with van der Waals surface area (Å²) in [5, 5.41) is 21.4. The summed E-state index contributed by atoms with van der Waals surface area (Å²) < 4.78 is 33.5. The second kappa shape index (κ2) is 8.83. The summed E-state index contributed by atoms with van der Waals surface area (Å²) in [7, 11) is 0. The highest BCUT2D eigenvalue weighted by Crippen LogP contribution is 2.44. The van der Waals surface area contributed by atoms with Crippen LogP contribution in [-0.4, -0.2) is 34.4 Å². The predicted molar refractivity (Wildman–Crippen MR) is 124 cm³/mol. The number of hydrogen-bond donors (Lipinski definition) is 2. The third-order valence-corrected chi connectivity index (χ3v) is 6.24. The number of aromatic carboxylic acids is 1. The molecule has 5 rings (SSSR count). The lowest BCUT2D eigenvalue weighted by Gasteiger charge is -2.26. The van der Waals surface area contributed by atoms with Gasteiger partial charge in [-0.3, -0.25) is 4.98 Å². The quantitative estimate of drug-likeness (QED) is 0.381. The van der Waals surface area contributed by atoms with Crippen LogP contribution in [0.4, 0.5) is 8.78 Å². The van der Waals surface area contributed by atoms with E-state index in [4.69, 9.17) is 9.72 Å². The summed E-state index contributed by atoms with van der Waals surface area (Å²) in [5.41, 5.74) is 2.83. The Morgan fingerprint density at radius 2 is 1.71 bits per heavy atom. The van der Waals surface area contributed by atoms with Crippen molar-refractivity contribution in [1.82, 2.24) is 4.98 Å². The molecule has 2 heterocycles. The van der Waals surface area contributed by atoms with Crippen molar-refractivity contribution in [2.24, 2.45) is 0 Å². The molecule has 0 spiro atoms. The van der Waals surface area contributed by atoms with E-state index in [1.165, 1.54) is 24.3 Å². The monoisotopic (exact) mass is 461 g/mol. The minimum Gasteiger partial charge on any atom is -0.507 e. The number of carboxylic acids is 1. The van der Waals surface area contributed by atoms with E-state index < -0.39 is 17.6 Å². The van der Waals surface area contributed by atoms with Crippen molar-refractivity contribution in [3.63, 3.8) is 0 Å². The number of aromatic hydroxyl groups is 1. The van der Waals surface area contributed by atoms with E-state index >= 15 is 0 Å². The first-order valence-corrected chi connectivity index (χ1v) is 11.0. The molecule has 0 aliphatic carbocycles. The van der Waals surface area contributed by atoms with Crippen LogP contribution in [-0.2, 0) is 4.74 Å². The lowest BCUT2D eigenvalue weighted by molar-refractivity contribution is 0.0697. The van der Waals surface area contributed by atoms with Gasteiger partial charge < -0.3 is 14.9 Å². The molecule has 0 amide bonds. The molecule has 0 unspecified atom stereocenters. The normalized spacial score (nSPS) is 14.4. The molecule has 3 aromatic carbocycles. The fraction of sp³-hybridized carbons (Fsp3) is 0.185. The van der Waals surface area contributed by atoms with E-state index in [1.54, 1.807) is 24.3 Å². The van der Waals surface area contributed by atoms with Gasteiger partial charge in [-0.05, 0) is 54.1 Å². The number of phenolic OH excluding ortho intramolecular Hbond substituents is 1. The molecule has 5 nitrogen and oxygen atoms in total. The number of aromatic nitrogens is 1. The van der Waals surface area contributed by atoms with Crippen LogP contribution in [0, 0.1) is 11.6 Å². The standard InChI is InChI=1S/C27H21F2NO4/c28-20-8-7-16(14-21(20)29)23-19-5-2-6-22(31)24(19)26(17-3-1-4-18(13-17)27(32)33)30-25(23)15-9-11-34-12-10-15/h1-8,13-15,31H,9-12H2,(H,32,33). The lowest BCUT2D eigenvalue weighted by Crippen LogP contribution is -2.16. The Balaban J connectivity index is 1.87. The molecule has 172 valence electrons. The molecular weight excluding hydrogens is 440 g/mol. The van der Waals surface area contributed by atoms with E-state index in [-0.39, 0.29) is 17.2 Å². The number of carboxylic acid groups (broad SMARTS) is 1. The Morgan fingerprint density at radius 3 is 2.44 bits per heavy atom. The Bertz CT molecular complexity index is 1410. The van der Waals surface area contributed by atoms with Crippen molar-refractivity contribution in [2.45, 2.75) is 18.8 Å². The molecule has 0 atom stereocenters. The zero-order chi connectivity index (χ0) is 23.8. The van der Waals surface area contributed by atoms with Crippen LogP contribution >= 0.6 is 0 Å². The minimum absolute atomic E-state index is 0.00924. The Hall–Kier alpha value is -3.84. The van der Waals surface area contributed by atoms with E-state index in [9.17, 15) is 23.8 Å². The fourth-order valence-electron chi connectivity index (χ4n) is 4.60. The zero-order valence-corrected chi connectivity index (χ0v) is 18.1. The summed E-state index contributed by atoms with van der Waals surface area (Å²) in [5.74, 6) is -3.04. The highest BCUT2D eigenvalue weighted by atomic mass is 19.2. The number of benzene rings is 3. The highest BCUT2D eigenvalue weighted by Gasteiger charge is 2.26. The van der Waals surface area contributed by atoms with E-state index in [2.05, 4.69) is 0 Å². The molecule has 34 heavy (non-hydrogen) atoms. The first-order chi connectivity index (χ1) is 16.4. The van der Waals surface area contributed by atoms with Crippen LogP contribution in [0.1, 0.15) is 34.8 Å². The number of pyridine rings is 1. The molecule has 1 fully saturated rings. The van der Waals surface area contributed by atoms with Crippen molar-refractivity contribution in [1.29, 1.82) is 0 Å². The molecule has 1 aromatic heterocycles. The highest BCUT2D eigenvalue weighted by molar-refractivity contribution is 6.07. The molecular formula is C27H21F2NO4. The van der Waals surface area contributed by atoms with Gasteiger partial charge in [-0.2, -0.15) is 0 Å². The van der Waals surface area contributed by atoms with E-state index in [1.807, 2.05) is 0 Å². The number of carbonyl (C=O) groups is 1. The number of halogens is 2. The SMILES string of the molecule is O=C(O)c1cccc(-c2nc(C3CCOCC3)c(-c3ccc(F)c(F)c3)c3cccc(O)c23)c1. The first kappa shape index (κ1) is 22.0. The molecule has 2 N–H and O–H groups in total. The second-order valence-electron chi connectivity index (χ2n) is 8.32. The van der Waals surface area contributed by atoms with Crippen molar-refractivity contribution in [3.8, 4) is 28.1 Å². The first-order valence-electron chi connectivity index (χ1n) is 11.0. The maximum absolute atomic E-state index is 14.3. The number of phenols is 1. The van der Waals surface area contributed by atoms with E-state index in [0.717, 1.165) is 12.1 Å². The Labute approximate surface area is 194 Å². The molecule has 0 bridgehead atoms. The predicted octanol–water partition coefficient (Wildman–Crippen LogP) is 6.14. The van der Waals surface area contributed by atoms with Crippen LogP contribution < -0.4 is 0 Å². The van der Waals surface area contributed by atoms with Crippen LogP contribution in [0.15, 0.2) is 60.7 Å². The zero-order valence-electron chi connectivity index (χ0n) is 18.1. The van der Waals surface area contributed by atoms with Crippen molar-refractivity contribution < 1.29 is 28.5 Å². The molecule has 7 heteroatoms. The van der Waals surface area contributed by atoms with Crippen LogP contribution in [0.25, 0.3) is 33.2 Å². The summed E-state index contributed by atoms with van der Waals surface area (Å²) in [4.78, 5) is 16.5. The van der Waals surface area contributed by atoms with Crippen molar-refractivity contribution in [2.75, 3.05) is 13.2 Å². The molecule has 0 radical (unpaired) electrons. The van der Waals surface area contributed by atoms with Gasteiger partial charge in [0.2, 0.25) is 0 Å². The molecule has 1 saturated heterocycles. The van der Waals surface area contributed by atoms with Crippen molar-refractivity contribution in [3.05, 3.63) is 83.6 Å². The minimum atomic E-state index is -1.07. The summed E-state index contributed by atoms with van der Waals surface area (Å²) in [6.07, 6.45) is 1.39. The maximum atomic E-state index is 14.3. The van der Waals surface area contributed by atoms with Crippen LogP contribution in [0.5, 0.6) is 5.75 Å². The summed E-state index contributed by atoms with van der Waals surface area (Å²) >= 11 is 0. The lowest BCUT2D eigenvalue weighted by atomic mass is 9.86. The van der Waals surface area contributed by atoms with Gasteiger partial charge in [0.25, 0.3) is 0 Å². The third kappa shape index (κ3) is 3.88. The average molecular weight is 461 g/mol. The smallest absolute Gasteiger partial charge is 0.335 e. The average Bonchev–Trinajstić information content (AvgIpc) is 2.85. The van der Waals surface area contributed by atoms with Crippen molar-refractivity contribution >= 4 is 16.7 Å². The molecule has 4 aromatic rings. The number of nitrogens with zero attached hydrogens (tertiary/aromatic N) is 1. The molecule has 1 aliphatic heterocycles. The maximum Gasteiger partial charge on any atom is 0.335 e. The van der Waals surface area contributed by atoms with Gasteiger partial charge in [-0.15, -0.1) is 0 Å². The third-order valence-electron chi connectivity index (χ3n) is 6.24. The van der Waals surface area contributed by atoms with Gasteiger partial charge in [0.1, 0.15) is 5.75 Å². The van der Waals surface area contributed by atoms with Gasteiger partial charge in [-0.25, -0.2) is 13.6 Å². The number of fused-ring (bicyclic) bond motifs is 1. The molecule has 1 aliphatic rings. The van der Waals surface area contributed by atoms with Crippen LogP contribution in [0.2, 0.25) is 0 Å². The largest absolute Gasteiger partial charge is 0.507 e. The molecule has 0 saturated carbocycles. The van der Waals surface area contributed by atoms with E-state index in [0.29, 0.717) is 64.9 Å². The second-order valence-corrected chi connectivity index (χ2v) is 8.32. The van der Waals surface area contributed by atoms with Crippen LogP contribution in [0.3, 0.4) is 0 Å². The number of hydrogen-bond acceptors (Lipinski definition) is 4. The Morgan fingerprint density at radius 1 is 0.941 bits per heavy atom. The summed E-state index contributed by atoms with van der Waals surface area (Å²) in [6, 6.07) is 15.1. The van der Waals surface area contributed by atoms with Gasteiger partial charge in [0.15, 0.2) is 11.6 Å². The van der Waals surface area contributed by atoms with Gasteiger partial charge in [0, 0.05) is 30.3 Å².